The molecule has 0 spiro atoms. The molecule has 2 aromatic carbocycles. The lowest BCUT2D eigenvalue weighted by molar-refractivity contribution is -0.118. The first-order chi connectivity index (χ1) is 10.1. The average Bonchev–Trinajstić information content (AvgIpc) is 2.49. The number of amides is 1. The maximum Gasteiger partial charge on any atom is 0.262 e. The van der Waals surface area contributed by atoms with E-state index in [9.17, 15) is 4.79 Å². The van der Waals surface area contributed by atoms with Crippen molar-refractivity contribution in [3.8, 4) is 5.75 Å². The summed E-state index contributed by atoms with van der Waals surface area (Å²) in [5.41, 5.74) is 1.43. The van der Waals surface area contributed by atoms with Crippen molar-refractivity contribution in [1.29, 1.82) is 0 Å². The van der Waals surface area contributed by atoms with Crippen molar-refractivity contribution in [2.45, 2.75) is 0 Å². The Labute approximate surface area is 133 Å². The molecule has 0 heterocycles. The lowest BCUT2D eigenvalue weighted by Gasteiger charge is -2.09. The molecule has 6 heteroatoms. The zero-order valence-corrected chi connectivity index (χ0v) is 12.8. The van der Waals surface area contributed by atoms with Crippen LogP contribution in [-0.2, 0) is 4.79 Å². The molecule has 0 atom stereocenters. The van der Waals surface area contributed by atoms with Crippen LogP contribution in [0.3, 0.4) is 0 Å². The zero-order valence-electron chi connectivity index (χ0n) is 11.3. The van der Waals surface area contributed by atoms with Gasteiger partial charge in [-0.2, -0.15) is 0 Å². The predicted octanol–water partition coefficient (Wildman–Crippen LogP) is 4.05. The summed E-state index contributed by atoms with van der Waals surface area (Å²) >= 11 is 11.8. The Bertz CT molecular complexity index is 630. The van der Waals surface area contributed by atoms with Crippen LogP contribution >= 0.6 is 23.2 Å². The van der Waals surface area contributed by atoms with Crippen LogP contribution < -0.4 is 15.4 Å². The molecule has 0 bridgehead atoms. The van der Waals surface area contributed by atoms with E-state index in [-0.39, 0.29) is 12.5 Å². The highest BCUT2D eigenvalue weighted by Crippen LogP contribution is 2.25. The fraction of sp³-hybridized carbons (Fsp3) is 0.133. The predicted molar refractivity (Wildman–Crippen MR) is 86.6 cm³/mol. The Balaban J connectivity index is 1.91. The number of hydrogen-bond donors (Lipinski definition) is 2. The van der Waals surface area contributed by atoms with Crippen LogP contribution in [0.15, 0.2) is 42.5 Å². The van der Waals surface area contributed by atoms with Crippen LogP contribution in [0.4, 0.5) is 11.4 Å². The lowest BCUT2D eigenvalue weighted by atomic mass is 10.3. The number of nitrogens with one attached hydrogen (secondary N) is 2. The van der Waals surface area contributed by atoms with Crippen molar-refractivity contribution >= 4 is 40.5 Å². The summed E-state index contributed by atoms with van der Waals surface area (Å²) in [7, 11) is 1.83. The normalized spacial score (nSPS) is 10.0. The number of rotatable bonds is 5. The molecule has 0 aliphatic rings. The molecule has 1 amide bonds. The van der Waals surface area contributed by atoms with Crippen molar-refractivity contribution in [2.24, 2.45) is 0 Å². The van der Waals surface area contributed by atoms with Gasteiger partial charge in [-0.1, -0.05) is 23.2 Å². The Morgan fingerprint density at radius 3 is 2.52 bits per heavy atom. The van der Waals surface area contributed by atoms with Gasteiger partial charge in [0.1, 0.15) is 5.75 Å². The van der Waals surface area contributed by atoms with E-state index in [1.54, 1.807) is 30.3 Å². The van der Waals surface area contributed by atoms with Gasteiger partial charge in [-0.05, 0) is 42.5 Å². The van der Waals surface area contributed by atoms with Gasteiger partial charge in [0.2, 0.25) is 0 Å². The average molecular weight is 325 g/mol. The second-order valence-corrected chi connectivity index (χ2v) is 5.08. The van der Waals surface area contributed by atoms with Crippen LogP contribution in [-0.4, -0.2) is 19.6 Å². The summed E-state index contributed by atoms with van der Waals surface area (Å²) in [6.45, 7) is -0.109. The quantitative estimate of drug-likeness (QED) is 0.872. The summed E-state index contributed by atoms with van der Waals surface area (Å²) in [6, 6.07) is 12.2. The largest absolute Gasteiger partial charge is 0.484 e. The lowest BCUT2D eigenvalue weighted by Crippen LogP contribution is -2.20. The maximum absolute atomic E-state index is 11.8. The number of carbonyl (C=O) groups excluding carboxylic acids is 1. The molecule has 0 aromatic heterocycles. The number of benzene rings is 2. The van der Waals surface area contributed by atoms with Crippen molar-refractivity contribution in [1.82, 2.24) is 0 Å². The molecular formula is C15H14Cl2N2O2. The first kappa shape index (κ1) is 15.5. The van der Waals surface area contributed by atoms with Gasteiger partial charge < -0.3 is 15.4 Å². The van der Waals surface area contributed by atoms with Crippen molar-refractivity contribution in [3.05, 3.63) is 52.5 Å². The summed E-state index contributed by atoms with van der Waals surface area (Å²) in [4.78, 5) is 11.8. The maximum atomic E-state index is 11.8. The van der Waals surface area contributed by atoms with E-state index >= 15 is 0 Å². The molecule has 0 saturated carbocycles. The van der Waals surface area contributed by atoms with E-state index in [2.05, 4.69) is 10.6 Å². The highest BCUT2D eigenvalue weighted by Gasteiger charge is 2.07. The minimum atomic E-state index is -0.308. The minimum absolute atomic E-state index is 0.109. The first-order valence-electron chi connectivity index (χ1n) is 6.24. The van der Waals surface area contributed by atoms with Crippen LogP contribution in [0.5, 0.6) is 5.75 Å². The van der Waals surface area contributed by atoms with Gasteiger partial charge >= 0.3 is 0 Å². The van der Waals surface area contributed by atoms with Crippen molar-refractivity contribution < 1.29 is 9.53 Å². The third kappa shape index (κ3) is 4.55. The minimum Gasteiger partial charge on any atom is -0.484 e. The van der Waals surface area contributed by atoms with Crippen LogP contribution in [0.2, 0.25) is 10.0 Å². The monoisotopic (exact) mass is 324 g/mol. The Morgan fingerprint density at radius 2 is 1.86 bits per heavy atom. The van der Waals surface area contributed by atoms with Crippen molar-refractivity contribution in [2.75, 3.05) is 24.3 Å². The van der Waals surface area contributed by atoms with Gasteiger partial charge in [0, 0.05) is 17.8 Å². The number of carbonyl (C=O) groups is 1. The van der Waals surface area contributed by atoms with E-state index in [4.69, 9.17) is 27.9 Å². The molecule has 110 valence electrons. The summed E-state index contributed by atoms with van der Waals surface area (Å²) in [5, 5.41) is 6.57. The fourth-order valence-electron chi connectivity index (χ4n) is 1.65. The zero-order chi connectivity index (χ0) is 15.2. The highest BCUT2D eigenvalue weighted by molar-refractivity contribution is 6.35. The summed E-state index contributed by atoms with van der Waals surface area (Å²) in [6.07, 6.45) is 0. The first-order valence-corrected chi connectivity index (χ1v) is 6.99. The standard InChI is InChI=1S/C15H14Cl2N2O2/c1-18-11-3-5-12(6-4-11)21-9-15(20)19-14-8-10(16)2-7-13(14)17/h2-8,18H,9H2,1H3,(H,19,20). The smallest absolute Gasteiger partial charge is 0.262 e. The molecule has 4 nitrogen and oxygen atoms in total. The molecular weight excluding hydrogens is 311 g/mol. The molecule has 0 aliphatic heterocycles. The van der Waals surface area contributed by atoms with Crippen LogP contribution in [0, 0.1) is 0 Å². The molecule has 0 saturated heterocycles. The SMILES string of the molecule is CNc1ccc(OCC(=O)Nc2cc(Cl)ccc2Cl)cc1. The van der Waals surface area contributed by atoms with Crippen LogP contribution in [0.25, 0.3) is 0 Å². The van der Waals surface area contributed by atoms with Gasteiger partial charge in [-0.25, -0.2) is 0 Å². The van der Waals surface area contributed by atoms with E-state index < -0.39 is 0 Å². The Kier molecular flexibility index (Phi) is 5.31. The highest BCUT2D eigenvalue weighted by atomic mass is 35.5. The van der Waals surface area contributed by atoms with Gasteiger partial charge in [0.25, 0.3) is 5.91 Å². The third-order valence-corrected chi connectivity index (χ3v) is 3.28. The molecule has 2 rings (SSSR count). The molecule has 0 fully saturated rings. The summed E-state index contributed by atoms with van der Waals surface area (Å²) < 4.78 is 5.39. The number of halogens is 2. The van der Waals surface area contributed by atoms with Crippen LogP contribution in [0.1, 0.15) is 0 Å². The molecule has 2 aromatic rings. The number of hydrogen-bond acceptors (Lipinski definition) is 3. The third-order valence-electron chi connectivity index (χ3n) is 2.72. The Hall–Kier alpha value is -1.91. The fourth-order valence-corrected chi connectivity index (χ4v) is 1.98. The molecule has 0 aliphatic carbocycles. The molecule has 0 radical (unpaired) electrons. The van der Waals surface area contributed by atoms with Gasteiger partial charge in [-0.3, -0.25) is 4.79 Å². The topological polar surface area (TPSA) is 50.4 Å². The van der Waals surface area contributed by atoms with Gasteiger partial charge in [0.05, 0.1) is 10.7 Å². The second-order valence-electron chi connectivity index (χ2n) is 4.24. The molecule has 21 heavy (non-hydrogen) atoms. The van der Waals surface area contributed by atoms with Gasteiger partial charge in [-0.15, -0.1) is 0 Å². The van der Waals surface area contributed by atoms with E-state index in [0.29, 0.717) is 21.5 Å². The van der Waals surface area contributed by atoms with E-state index in [1.807, 2.05) is 19.2 Å². The van der Waals surface area contributed by atoms with E-state index in [1.165, 1.54) is 0 Å². The Morgan fingerprint density at radius 1 is 1.14 bits per heavy atom. The number of ether oxygens (including phenoxy) is 1. The van der Waals surface area contributed by atoms with E-state index in [0.717, 1.165) is 5.69 Å². The second kappa shape index (κ2) is 7.20. The molecule has 0 unspecified atom stereocenters. The molecule has 2 N–H and O–H groups in total. The van der Waals surface area contributed by atoms with Crippen molar-refractivity contribution in [3.63, 3.8) is 0 Å². The summed E-state index contributed by atoms with van der Waals surface area (Å²) in [5.74, 6) is 0.304. The number of anilines is 2. The van der Waals surface area contributed by atoms with Gasteiger partial charge in [0.15, 0.2) is 6.61 Å².